The molecule has 0 spiro atoms. The van der Waals surface area contributed by atoms with Crippen molar-refractivity contribution in [2.24, 2.45) is 7.05 Å². The highest BCUT2D eigenvalue weighted by atomic mass is 15.1. The number of pyridine rings is 1. The van der Waals surface area contributed by atoms with Crippen LogP contribution in [0.15, 0.2) is 60.8 Å². The third kappa shape index (κ3) is 3.33. The number of hydrogen-bond acceptors (Lipinski definition) is 1. The number of aryl methyl sites for hydroxylation is 1. The average molecular weight is 317 g/mol. The van der Waals surface area contributed by atoms with E-state index in [4.69, 9.17) is 0 Å². The van der Waals surface area contributed by atoms with E-state index in [1.165, 1.54) is 27.7 Å². The Bertz CT molecular complexity index is 843. The fourth-order valence-corrected chi connectivity index (χ4v) is 3.10. The quantitative estimate of drug-likeness (QED) is 0.620. The van der Waals surface area contributed by atoms with Crippen LogP contribution in [0.1, 0.15) is 25.0 Å². The third-order valence-corrected chi connectivity index (χ3v) is 4.55. The number of fused-ring (bicyclic) bond motifs is 1. The minimum Gasteiger partial charge on any atom is -0.372 e. The standard InChI is InChI=1S/C22H25N2/c1-4-24(5-2)20-14-11-18(12-15-20)10-13-19-16-17-23(3)22-9-7-6-8-21(19)22/h6-17H,4-5H2,1-3H3/q+1. The summed E-state index contributed by atoms with van der Waals surface area (Å²) in [6, 6.07) is 19.5. The minimum atomic E-state index is 1.04. The molecule has 0 saturated heterocycles. The van der Waals surface area contributed by atoms with Gasteiger partial charge in [0, 0.05) is 30.9 Å². The molecule has 24 heavy (non-hydrogen) atoms. The first-order valence-electron chi connectivity index (χ1n) is 8.63. The van der Waals surface area contributed by atoms with E-state index in [1.807, 2.05) is 0 Å². The van der Waals surface area contributed by atoms with Crippen molar-refractivity contribution >= 4 is 28.7 Å². The van der Waals surface area contributed by atoms with Gasteiger partial charge in [0.15, 0.2) is 6.20 Å². The molecule has 122 valence electrons. The van der Waals surface area contributed by atoms with Crippen LogP contribution in [0.3, 0.4) is 0 Å². The van der Waals surface area contributed by atoms with Gasteiger partial charge in [-0.05, 0) is 43.2 Å². The molecular formula is C22H25N2+. The lowest BCUT2D eigenvalue weighted by Crippen LogP contribution is -2.28. The van der Waals surface area contributed by atoms with Crippen molar-refractivity contribution in [2.75, 3.05) is 18.0 Å². The third-order valence-electron chi connectivity index (χ3n) is 4.55. The molecule has 0 aliphatic carbocycles. The summed E-state index contributed by atoms with van der Waals surface area (Å²) in [5.41, 5.74) is 5.01. The molecule has 0 fully saturated rings. The number of aromatic nitrogens is 1. The lowest BCUT2D eigenvalue weighted by molar-refractivity contribution is -0.644. The number of hydrogen-bond donors (Lipinski definition) is 0. The van der Waals surface area contributed by atoms with Crippen molar-refractivity contribution in [3.8, 4) is 0 Å². The van der Waals surface area contributed by atoms with Crippen LogP contribution in [-0.4, -0.2) is 13.1 Å². The fourth-order valence-electron chi connectivity index (χ4n) is 3.10. The van der Waals surface area contributed by atoms with Gasteiger partial charge in [0.25, 0.3) is 0 Å². The summed E-state index contributed by atoms with van der Waals surface area (Å²) in [4.78, 5) is 2.36. The van der Waals surface area contributed by atoms with Crippen molar-refractivity contribution < 1.29 is 4.57 Å². The normalized spacial score (nSPS) is 11.3. The van der Waals surface area contributed by atoms with Gasteiger partial charge < -0.3 is 4.90 Å². The van der Waals surface area contributed by atoms with E-state index in [1.54, 1.807) is 0 Å². The second-order valence-corrected chi connectivity index (χ2v) is 6.00. The van der Waals surface area contributed by atoms with E-state index in [2.05, 4.69) is 103 Å². The van der Waals surface area contributed by atoms with Gasteiger partial charge in [-0.25, -0.2) is 4.57 Å². The van der Waals surface area contributed by atoms with Crippen LogP contribution in [0, 0.1) is 0 Å². The number of anilines is 1. The Hall–Kier alpha value is -2.61. The topological polar surface area (TPSA) is 7.12 Å². The minimum absolute atomic E-state index is 1.04. The maximum atomic E-state index is 2.36. The van der Waals surface area contributed by atoms with E-state index in [0.717, 1.165) is 13.1 Å². The van der Waals surface area contributed by atoms with E-state index in [-0.39, 0.29) is 0 Å². The summed E-state index contributed by atoms with van der Waals surface area (Å²) in [6.07, 6.45) is 6.51. The Labute approximate surface area is 144 Å². The zero-order valence-corrected chi connectivity index (χ0v) is 14.7. The van der Waals surface area contributed by atoms with Crippen LogP contribution in [0.4, 0.5) is 5.69 Å². The van der Waals surface area contributed by atoms with Crippen LogP contribution < -0.4 is 9.47 Å². The van der Waals surface area contributed by atoms with E-state index < -0.39 is 0 Å². The van der Waals surface area contributed by atoms with Crippen LogP contribution in [0.25, 0.3) is 23.1 Å². The van der Waals surface area contributed by atoms with Crippen LogP contribution in [-0.2, 0) is 7.05 Å². The van der Waals surface area contributed by atoms with Crippen molar-refractivity contribution in [3.05, 3.63) is 71.9 Å². The molecule has 2 nitrogen and oxygen atoms in total. The molecule has 0 aliphatic rings. The van der Waals surface area contributed by atoms with Crippen LogP contribution >= 0.6 is 0 Å². The molecule has 0 radical (unpaired) electrons. The van der Waals surface area contributed by atoms with E-state index in [9.17, 15) is 0 Å². The molecular weight excluding hydrogens is 292 g/mol. The van der Waals surface area contributed by atoms with Crippen molar-refractivity contribution in [3.63, 3.8) is 0 Å². The molecule has 1 aromatic heterocycles. The van der Waals surface area contributed by atoms with Crippen LogP contribution in [0.2, 0.25) is 0 Å². The lowest BCUT2D eigenvalue weighted by Gasteiger charge is -2.20. The zero-order chi connectivity index (χ0) is 16.9. The summed E-state index contributed by atoms with van der Waals surface area (Å²) in [5.74, 6) is 0. The molecule has 3 rings (SSSR count). The van der Waals surface area contributed by atoms with Gasteiger partial charge in [-0.15, -0.1) is 0 Å². The van der Waals surface area contributed by atoms with Gasteiger partial charge in [0.05, 0.1) is 5.39 Å². The van der Waals surface area contributed by atoms with Crippen molar-refractivity contribution in [2.45, 2.75) is 13.8 Å². The molecule has 2 heteroatoms. The Morgan fingerprint density at radius 1 is 0.875 bits per heavy atom. The Morgan fingerprint density at radius 2 is 1.58 bits per heavy atom. The van der Waals surface area contributed by atoms with Crippen molar-refractivity contribution in [1.29, 1.82) is 0 Å². The predicted molar refractivity (Wildman–Crippen MR) is 104 cm³/mol. The summed E-state index contributed by atoms with van der Waals surface area (Å²) in [5, 5.41) is 1.28. The van der Waals surface area contributed by atoms with Crippen molar-refractivity contribution in [1.82, 2.24) is 0 Å². The Balaban J connectivity index is 1.88. The fraction of sp³-hybridized carbons (Fsp3) is 0.227. The number of nitrogens with zero attached hydrogens (tertiary/aromatic N) is 2. The molecule has 2 aromatic carbocycles. The first-order valence-corrected chi connectivity index (χ1v) is 8.63. The summed E-state index contributed by atoms with van der Waals surface area (Å²) >= 11 is 0. The number of para-hydroxylation sites is 1. The largest absolute Gasteiger partial charge is 0.372 e. The van der Waals surface area contributed by atoms with Gasteiger partial charge in [-0.2, -0.15) is 0 Å². The summed E-state index contributed by atoms with van der Waals surface area (Å²) < 4.78 is 2.16. The van der Waals surface area contributed by atoms with Gasteiger partial charge in [-0.1, -0.05) is 36.4 Å². The second kappa shape index (κ2) is 7.31. The molecule has 3 aromatic rings. The van der Waals surface area contributed by atoms with Gasteiger partial charge in [-0.3, -0.25) is 0 Å². The van der Waals surface area contributed by atoms with E-state index >= 15 is 0 Å². The smallest absolute Gasteiger partial charge is 0.212 e. The van der Waals surface area contributed by atoms with E-state index in [0.29, 0.717) is 0 Å². The second-order valence-electron chi connectivity index (χ2n) is 6.00. The first-order chi connectivity index (χ1) is 11.7. The summed E-state index contributed by atoms with van der Waals surface area (Å²) in [6.45, 7) is 6.47. The number of benzene rings is 2. The predicted octanol–water partition coefficient (Wildman–Crippen LogP) is 4.68. The maximum absolute atomic E-state index is 2.36. The molecule has 1 heterocycles. The Kier molecular flexibility index (Phi) is 4.95. The Morgan fingerprint density at radius 3 is 2.29 bits per heavy atom. The van der Waals surface area contributed by atoms with Gasteiger partial charge in [0.1, 0.15) is 7.05 Å². The molecule has 0 bridgehead atoms. The van der Waals surface area contributed by atoms with Crippen LogP contribution in [0.5, 0.6) is 0 Å². The first kappa shape index (κ1) is 16.3. The summed E-state index contributed by atoms with van der Waals surface area (Å²) in [7, 11) is 2.09. The lowest BCUT2D eigenvalue weighted by atomic mass is 10.1. The highest BCUT2D eigenvalue weighted by Gasteiger charge is 2.06. The maximum Gasteiger partial charge on any atom is 0.212 e. The zero-order valence-electron chi connectivity index (χ0n) is 14.7. The molecule has 0 N–H and O–H groups in total. The van der Waals surface area contributed by atoms with Gasteiger partial charge >= 0.3 is 0 Å². The SMILES string of the molecule is CCN(CC)c1ccc(/C=C/c2cc[n+](C)c3ccccc23)cc1. The highest BCUT2D eigenvalue weighted by molar-refractivity contribution is 5.88. The monoisotopic (exact) mass is 317 g/mol. The highest BCUT2D eigenvalue weighted by Crippen LogP contribution is 2.19. The molecule has 0 amide bonds. The van der Waals surface area contributed by atoms with Gasteiger partial charge in [0.2, 0.25) is 5.52 Å². The molecule has 0 unspecified atom stereocenters. The molecule has 0 atom stereocenters. The molecule has 0 aliphatic heterocycles. The number of rotatable bonds is 5. The average Bonchev–Trinajstić information content (AvgIpc) is 2.63. The molecule has 0 saturated carbocycles.